The summed E-state index contributed by atoms with van der Waals surface area (Å²) in [5.41, 5.74) is 0. The Balaban J connectivity index is 2.17. The van der Waals surface area contributed by atoms with E-state index in [1.165, 1.54) is 0 Å². The van der Waals surface area contributed by atoms with Gasteiger partial charge in [-0.3, -0.25) is 0 Å². The maximum absolute atomic E-state index is 9.09. The number of rotatable bonds is 6. The minimum Gasteiger partial charge on any atom is -0.395 e. The van der Waals surface area contributed by atoms with E-state index in [-0.39, 0.29) is 12.6 Å². The van der Waals surface area contributed by atoms with Gasteiger partial charge in [-0.15, -0.1) is 0 Å². The highest BCUT2D eigenvalue weighted by Crippen LogP contribution is 2.26. The molecule has 1 aliphatic rings. The molecule has 1 heterocycles. The fraction of sp³-hybridized carbons (Fsp3) is 1.00. The third kappa shape index (κ3) is 3.77. The number of aliphatic hydroxyl groups excluding tert-OH is 1. The summed E-state index contributed by atoms with van der Waals surface area (Å²) in [5.74, 6) is 0.975. The van der Waals surface area contributed by atoms with Crippen molar-refractivity contribution in [2.45, 2.75) is 37.7 Å². The van der Waals surface area contributed by atoms with Gasteiger partial charge in [-0.05, 0) is 19.9 Å². The lowest BCUT2D eigenvalue weighted by atomic mass is 10.3. The Morgan fingerprint density at radius 3 is 2.93 bits per heavy atom. The monoisotopic (exact) mass is 219 g/mol. The van der Waals surface area contributed by atoms with Crippen molar-refractivity contribution in [3.05, 3.63) is 0 Å². The fourth-order valence-electron chi connectivity index (χ4n) is 1.64. The number of aliphatic hydroxyl groups is 1. The molecule has 0 spiro atoms. The zero-order chi connectivity index (χ0) is 10.4. The molecule has 1 fully saturated rings. The van der Waals surface area contributed by atoms with Crippen LogP contribution in [0.1, 0.15) is 20.3 Å². The molecular formula is C10H21NO2S. The van der Waals surface area contributed by atoms with Crippen LogP contribution in [0.25, 0.3) is 0 Å². The molecule has 1 rings (SSSR count). The van der Waals surface area contributed by atoms with Crippen LogP contribution in [0, 0.1) is 0 Å². The van der Waals surface area contributed by atoms with Crippen LogP contribution >= 0.6 is 11.8 Å². The number of thioether (sulfide) groups is 1. The van der Waals surface area contributed by atoms with Crippen LogP contribution in [0.4, 0.5) is 0 Å². The van der Waals surface area contributed by atoms with Crippen LogP contribution < -0.4 is 5.32 Å². The van der Waals surface area contributed by atoms with E-state index in [2.05, 4.69) is 19.2 Å². The summed E-state index contributed by atoms with van der Waals surface area (Å²) >= 11 is 1.92. The molecule has 0 aliphatic carbocycles. The van der Waals surface area contributed by atoms with Gasteiger partial charge in [0.25, 0.3) is 0 Å². The topological polar surface area (TPSA) is 41.5 Å². The normalized spacial score (nSPS) is 29.4. The van der Waals surface area contributed by atoms with Gasteiger partial charge < -0.3 is 15.2 Å². The van der Waals surface area contributed by atoms with Crippen LogP contribution in [-0.4, -0.2) is 48.0 Å². The van der Waals surface area contributed by atoms with E-state index >= 15 is 0 Å². The lowest BCUT2D eigenvalue weighted by molar-refractivity contribution is 0.127. The summed E-state index contributed by atoms with van der Waals surface area (Å²) in [6.07, 6.45) is 1.52. The Hall–Kier alpha value is 0.230. The van der Waals surface area contributed by atoms with Gasteiger partial charge in [0, 0.05) is 23.7 Å². The first-order valence-electron chi connectivity index (χ1n) is 5.35. The first-order chi connectivity index (χ1) is 6.77. The maximum atomic E-state index is 9.09. The second-order valence-electron chi connectivity index (χ2n) is 3.67. The maximum Gasteiger partial charge on any atom is 0.0666 e. The van der Waals surface area contributed by atoms with Gasteiger partial charge in [-0.25, -0.2) is 0 Å². The van der Waals surface area contributed by atoms with Crippen molar-refractivity contribution < 1.29 is 9.84 Å². The van der Waals surface area contributed by atoms with Crippen molar-refractivity contribution in [1.29, 1.82) is 0 Å². The molecule has 0 aromatic heterocycles. The molecule has 84 valence electrons. The zero-order valence-corrected chi connectivity index (χ0v) is 9.85. The summed E-state index contributed by atoms with van der Waals surface area (Å²) < 4.78 is 5.49. The van der Waals surface area contributed by atoms with Crippen molar-refractivity contribution in [2.75, 3.05) is 25.5 Å². The Bertz CT molecular complexity index is 157. The molecule has 0 aromatic rings. The average Bonchev–Trinajstić information content (AvgIpc) is 2.59. The zero-order valence-electron chi connectivity index (χ0n) is 9.03. The summed E-state index contributed by atoms with van der Waals surface area (Å²) in [4.78, 5) is 0. The van der Waals surface area contributed by atoms with Gasteiger partial charge >= 0.3 is 0 Å². The van der Waals surface area contributed by atoms with Crippen molar-refractivity contribution in [2.24, 2.45) is 0 Å². The summed E-state index contributed by atoms with van der Waals surface area (Å²) in [6.45, 7) is 6.23. The number of likely N-dealkylation sites (N-methyl/N-ethyl adjacent to an activating group) is 1. The van der Waals surface area contributed by atoms with Crippen LogP contribution in [-0.2, 0) is 4.74 Å². The standard InChI is InChI=1S/C10H21NO2S/c1-3-11-9(6-12)7-14-10-4-5-13-8(10)2/h8-12H,3-7H2,1-2H3. The van der Waals surface area contributed by atoms with Gasteiger partial charge in [0.05, 0.1) is 12.7 Å². The third-order valence-electron chi connectivity index (χ3n) is 2.53. The first kappa shape index (κ1) is 12.3. The van der Waals surface area contributed by atoms with E-state index in [0.717, 1.165) is 25.3 Å². The van der Waals surface area contributed by atoms with Crippen LogP contribution in [0.2, 0.25) is 0 Å². The number of ether oxygens (including phenoxy) is 1. The highest BCUT2D eigenvalue weighted by Gasteiger charge is 2.25. The third-order valence-corrected chi connectivity index (χ3v) is 4.17. The molecule has 4 heteroatoms. The molecule has 0 bridgehead atoms. The van der Waals surface area contributed by atoms with E-state index in [4.69, 9.17) is 9.84 Å². The highest BCUT2D eigenvalue weighted by atomic mass is 32.2. The summed E-state index contributed by atoms with van der Waals surface area (Å²) in [7, 11) is 0. The predicted octanol–water partition coefficient (Wildman–Crippen LogP) is 0.867. The molecule has 1 saturated heterocycles. The molecule has 0 amide bonds. The Labute approximate surface area is 90.6 Å². The minimum absolute atomic E-state index is 0.225. The summed E-state index contributed by atoms with van der Waals surface area (Å²) in [6, 6.07) is 0.234. The molecule has 0 aromatic carbocycles. The van der Waals surface area contributed by atoms with Crippen molar-refractivity contribution in [3.63, 3.8) is 0 Å². The molecule has 0 radical (unpaired) electrons. The SMILES string of the molecule is CCNC(CO)CSC1CCOC1C. The molecule has 3 atom stereocenters. The highest BCUT2D eigenvalue weighted by molar-refractivity contribution is 8.00. The van der Waals surface area contributed by atoms with Crippen LogP contribution in [0.15, 0.2) is 0 Å². The quantitative estimate of drug-likeness (QED) is 0.695. The van der Waals surface area contributed by atoms with Crippen LogP contribution in [0.5, 0.6) is 0 Å². The molecule has 2 N–H and O–H groups in total. The molecular weight excluding hydrogens is 198 g/mol. The Kier molecular flexibility index (Phi) is 5.86. The van der Waals surface area contributed by atoms with Gasteiger partial charge in [-0.1, -0.05) is 6.92 Å². The minimum atomic E-state index is 0.225. The molecule has 3 unspecified atom stereocenters. The van der Waals surface area contributed by atoms with E-state index in [1.807, 2.05) is 11.8 Å². The van der Waals surface area contributed by atoms with Gasteiger partial charge in [0.15, 0.2) is 0 Å². The number of hydrogen-bond acceptors (Lipinski definition) is 4. The second kappa shape index (κ2) is 6.67. The lowest BCUT2D eigenvalue weighted by Gasteiger charge is -2.18. The smallest absolute Gasteiger partial charge is 0.0666 e. The van der Waals surface area contributed by atoms with Crippen LogP contribution in [0.3, 0.4) is 0 Å². The Morgan fingerprint density at radius 2 is 2.43 bits per heavy atom. The molecule has 0 saturated carbocycles. The number of hydrogen-bond donors (Lipinski definition) is 2. The number of nitrogens with one attached hydrogen (secondary N) is 1. The van der Waals surface area contributed by atoms with Crippen molar-refractivity contribution in [3.8, 4) is 0 Å². The second-order valence-corrected chi connectivity index (χ2v) is 4.95. The van der Waals surface area contributed by atoms with E-state index in [9.17, 15) is 0 Å². The van der Waals surface area contributed by atoms with E-state index in [1.54, 1.807) is 0 Å². The largest absolute Gasteiger partial charge is 0.395 e. The molecule has 3 nitrogen and oxygen atoms in total. The van der Waals surface area contributed by atoms with E-state index in [0.29, 0.717) is 11.4 Å². The van der Waals surface area contributed by atoms with Gasteiger partial charge in [0.2, 0.25) is 0 Å². The molecule has 1 aliphatic heterocycles. The van der Waals surface area contributed by atoms with Crippen molar-refractivity contribution in [1.82, 2.24) is 5.32 Å². The first-order valence-corrected chi connectivity index (χ1v) is 6.40. The van der Waals surface area contributed by atoms with E-state index < -0.39 is 0 Å². The predicted molar refractivity (Wildman–Crippen MR) is 60.8 cm³/mol. The summed E-state index contributed by atoms with van der Waals surface area (Å²) in [5, 5.41) is 13.0. The average molecular weight is 219 g/mol. The van der Waals surface area contributed by atoms with Gasteiger partial charge in [0.1, 0.15) is 0 Å². The molecule has 14 heavy (non-hydrogen) atoms. The Morgan fingerprint density at radius 1 is 1.64 bits per heavy atom. The van der Waals surface area contributed by atoms with Gasteiger partial charge in [-0.2, -0.15) is 11.8 Å². The fourth-order valence-corrected chi connectivity index (χ4v) is 2.95. The van der Waals surface area contributed by atoms with Crippen molar-refractivity contribution >= 4 is 11.8 Å². The lowest BCUT2D eigenvalue weighted by Crippen LogP contribution is -2.35.